The van der Waals surface area contributed by atoms with Gasteiger partial charge in [0.15, 0.2) is 0 Å². The smallest absolute Gasteiger partial charge is 0.347 e. The highest BCUT2D eigenvalue weighted by Crippen LogP contribution is 2.14. The molecule has 6 nitrogen and oxygen atoms in total. The van der Waals surface area contributed by atoms with Crippen LogP contribution in [0, 0.1) is 0 Å². The number of hydrogen-bond acceptors (Lipinski definition) is 5. The van der Waals surface area contributed by atoms with Gasteiger partial charge >= 0.3 is 11.9 Å². The standard InChI is InChI=1S/C13H12N2O4/c16-12(19-11-5-6-18-13(11)17)7-15-8-14-9-3-1-2-4-10(9)15/h1-4,8,11H,5-7H2/t11-/m1/s1. The molecule has 1 aliphatic heterocycles. The molecule has 0 unspecified atom stereocenters. The molecule has 1 atom stereocenters. The quantitative estimate of drug-likeness (QED) is 0.767. The first-order valence-corrected chi connectivity index (χ1v) is 6.00. The normalized spacial score (nSPS) is 18.5. The van der Waals surface area contributed by atoms with Crippen molar-refractivity contribution < 1.29 is 19.1 Å². The molecule has 1 aliphatic rings. The Morgan fingerprint density at radius 2 is 2.32 bits per heavy atom. The molecule has 0 radical (unpaired) electrons. The molecule has 0 bridgehead atoms. The molecule has 3 rings (SSSR count). The Morgan fingerprint density at radius 3 is 3.11 bits per heavy atom. The van der Waals surface area contributed by atoms with Crippen LogP contribution >= 0.6 is 0 Å². The predicted molar refractivity (Wildman–Crippen MR) is 65.2 cm³/mol. The first kappa shape index (κ1) is 11.7. The van der Waals surface area contributed by atoms with Crippen LogP contribution in [0.3, 0.4) is 0 Å². The average Bonchev–Trinajstić information content (AvgIpc) is 2.98. The van der Waals surface area contributed by atoms with Crippen molar-refractivity contribution in [2.75, 3.05) is 6.61 Å². The van der Waals surface area contributed by atoms with Crippen LogP contribution in [0.4, 0.5) is 0 Å². The molecule has 98 valence electrons. The molecule has 0 saturated carbocycles. The number of benzene rings is 1. The highest BCUT2D eigenvalue weighted by molar-refractivity contribution is 5.82. The molecule has 1 saturated heterocycles. The average molecular weight is 260 g/mol. The van der Waals surface area contributed by atoms with Crippen LogP contribution in [-0.2, 0) is 25.6 Å². The number of hydrogen-bond donors (Lipinski definition) is 0. The maximum atomic E-state index is 11.8. The third-order valence-corrected chi connectivity index (χ3v) is 2.99. The largest absolute Gasteiger partial charge is 0.463 e. The zero-order valence-electron chi connectivity index (χ0n) is 10.1. The first-order valence-electron chi connectivity index (χ1n) is 6.00. The minimum Gasteiger partial charge on any atom is -0.463 e. The number of carbonyl (C=O) groups excluding carboxylic acids is 2. The summed E-state index contributed by atoms with van der Waals surface area (Å²) in [4.78, 5) is 27.2. The molecule has 2 heterocycles. The van der Waals surface area contributed by atoms with E-state index in [-0.39, 0.29) is 6.54 Å². The van der Waals surface area contributed by atoms with Crippen molar-refractivity contribution in [3.8, 4) is 0 Å². The Labute approximate surface area is 108 Å². The summed E-state index contributed by atoms with van der Waals surface area (Å²) in [6, 6.07) is 7.50. The summed E-state index contributed by atoms with van der Waals surface area (Å²) >= 11 is 0. The van der Waals surface area contributed by atoms with Crippen LogP contribution in [0.25, 0.3) is 11.0 Å². The molecule has 0 N–H and O–H groups in total. The topological polar surface area (TPSA) is 70.4 Å². The summed E-state index contributed by atoms with van der Waals surface area (Å²) in [7, 11) is 0. The fourth-order valence-electron chi connectivity index (χ4n) is 2.06. The molecule has 0 spiro atoms. The van der Waals surface area contributed by atoms with Crippen molar-refractivity contribution in [1.29, 1.82) is 0 Å². The van der Waals surface area contributed by atoms with Crippen LogP contribution < -0.4 is 0 Å². The molecule has 1 aromatic heterocycles. The Kier molecular flexibility index (Phi) is 2.91. The van der Waals surface area contributed by atoms with Crippen molar-refractivity contribution in [2.24, 2.45) is 0 Å². The van der Waals surface area contributed by atoms with E-state index in [0.717, 1.165) is 11.0 Å². The zero-order valence-corrected chi connectivity index (χ0v) is 10.1. The minimum absolute atomic E-state index is 0.0320. The van der Waals surface area contributed by atoms with E-state index in [4.69, 9.17) is 9.47 Å². The lowest BCUT2D eigenvalue weighted by Crippen LogP contribution is -2.25. The number of cyclic esters (lactones) is 1. The van der Waals surface area contributed by atoms with Gasteiger partial charge in [-0.05, 0) is 12.1 Å². The van der Waals surface area contributed by atoms with Crippen LogP contribution in [0.1, 0.15) is 6.42 Å². The number of carbonyl (C=O) groups is 2. The van der Waals surface area contributed by atoms with Gasteiger partial charge in [0.05, 0.1) is 24.0 Å². The summed E-state index contributed by atoms with van der Waals surface area (Å²) in [5, 5.41) is 0. The second kappa shape index (κ2) is 4.72. The van der Waals surface area contributed by atoms with Crippen molar-refractivity contribution in [1.82, 2.24) is 9.55 Å². The number of para-hydroxylation sites is 2. The van der Waals surface area contributed by atoms with E-state index < -0.39 is 18.0 Å². The van der Waals surface area contributed by atoms with Crippen LogP contribution in [0.2, 0.25) is 0 Å². The van der Waals surface area contributed by atoms with Gasteiger partial charge in [-0.1, -0.05) is 12.1 Å². The second-order valence-corrected chi connectivity index (χ2v) is 4.30. The summed E-state index contributed by atoms with van der Waals surface area (Å²) in [5.74, 6) is -0.934. The Balaban J connectivity index is 1.71. The lowest BCUT2D eigenvalue weighted by molar-refractivity contribution is -0.160. The number of imidazole rings is 1. The number of rotatable bonds is 3. The number of fused-ring (bicyclic) bond motifs is 1. The molecular formula is C13H12N2O4. The maximum Gasteiger partial charge on any atom is 0.347 e. The molecular weight excluding hydrogens is 248 g/mol. The fourth-order valence-corrected chi connectivity index (χ4v) is 2.06. The summed E-state index contributed by atoms with van der Waals surface area (Å²) in [6.07, 6.45) is 1.25. The van der Waals surface area contributed by atoms with Gasteiger partial charge in [-0.25, -0.2) is 9.78 Å². The molecule has 1 aromatic carbocycles. The lowest BCUT2D eigenvalue weighted by atomic mass is 10.3. The number of esters is 2. The van der Waals surface area contributed by atoms with Crippen molar-refractivity contribution >= 4 is 23.0 Å². The third kappa shape index (κ3) is 2.29. The Morgan fingerprint density at radius 1 is 1.47 bits per heavy atom. The highest BCUT2D eigenvalue weighted by Gasteiger charge is 2.30. The van der Waals surface area contributed by atoms with E-state index in [1.54, 1.807) is 10.9 Å². The van der Waals surface area contributed by atoms with Gasteiger partial charge in [-0.15, -0.1) is 0 Å². The number of nitrogens with zero attached hydrogens (tertiary/aromatic N) is 2. The molecule has 19 heavy (non-hydrogen) atoms. The highest BCUT2D eigenvalue weighted by atomic mass is 16.6. The molecule has 0 amide bonds. The Bertz CT molecular complexity index is 634. The van der Waals surface area contributed by atoms with Gasteiger partial charge in [0.2, 0.25) is 6.10 Å². The summed E-state index contributed by atoms with van der Waals surface area (Å²) < 4.78 is 11.5. The number of aromatic nitrogens is 2. The van der Waals surface area contributed by atoms with Crippen LogP contribution in [0.15, 0.2) is 30.6 Å². The molecule has 0 aliphatic carbocycles. The summed E-state index contributed by atoms with van der Waals surface area (Å²) in [6.45, 7) is 0.342. The SMILES string of the molecule is O=C(Cn1cnc2ccccc21)O[C@@H]1CCOC1=O. The van der Waals surface area contributed by atoms with Gasteiger partial charge in [0.1, 0.15) is 6.54 Å². The van der Waals surface area contributed by atoms with Crippen LogP contribution in [-0.4, -0.2) is 34.2 Å². The first-order chi connectivity index (χ1) is 9.24. The van der Waals surface area contributed by atoms with Gasteiger partial charge in [0, 0.05) is 6.42 Å². The zero-order chi connectivity index (χ0) is 13.2. The maximum absolute atomic E-state index is 11.8. The van der Waals surface area contributed by atoms with Gasteiger partial charge in [-0.3, -0.25) is 4.79 Å². The summed E-state index contributed by atoms with van der Waals surface area (Å²) in [5.41, 5.74) is 1.67. The van der Waals surface area contributed by atoms with E-state index in [0.29, 0.717) is 13.0 Å². The second-order valence-electron chi connectivity index (χ2n) is 4.30. The van der Waals surface area contributed by atoms with Crippen molar-refractivity contribution in [3.05, 3.63) is 30.6 Å². The Hall–Kier alpha value is -2.37. The van der Waals surface area contributed by atoms with E-state index in [9.17, 15) is 9.59 Å². The van der Waals surface area contributed by atoms with Gasteiger partial charge in [-0.2, -0.15) is 0 Å². The number of ether oxygens (including phenoxy) is 2. The monoisotopic (exact) mass is 260 g/mol. The fraction of sp³-hybridized carbons (Fsp3) is 0.308. The molecule has 2 aromatic rings. The third-order valence-electron chi connectivity index (χ3n) is 2.99. The minimum atomic E-state index is -0.762. The molecule has 1 fully saturated rings. The van der Waals surface area contributed by atoms with Crippen molar-refractivity contribution in [2.45, 2.75) is 19.1 Å². The van der Waals surface area contributed by atoms with E-state index >= 15 is 0 Å². The van der Waals surface area contributed by atoms with Crippen LogP contribution in [0.5, 0.6) is 0 Å². The van der Waals surface area contributed by atoms with E-state index in [1.165, 1.54) is 0 Å². The van der Waals surface area contributed by atoms with E-state index in [1.807, 2.05) is 24.3 Å². The van der Waals surface area contributed by atoms with Gasteiger partial charge < -0.3 is 14.0 Å². The predicted octanol–water partition coefficient (Wildman–Crippen LogP) is 0.895. The van der Waals surface area contributed by atoms with Crippen molar-refractivity contribution in [3.63, 3.8) is 0 Å². The van der Waals surface area contributed by atoms with Gasteiger partial charge in [0.25, 0.3) is 0 Å². The molecule has 6 heteroatoms. The van der Waals surface area contributed by atoms with E-state index in [2.05, 4.69) is 4.98 Å². The lowest BCUT2D eigenvalue weighted by Gasteiger charge is -2.09.